The van der Waals surface area contributed by atoms with Crippen LogP contribution in [-0.4, -0.2) is 51.1 Å². The van der Waals surface area contributed by atoms with Crippen LogP contribution < -0.4 is 10.2 Å². The molecule has 0 bridgehead atoms. The molecule has 1 aliphatic heterocycles. The van der Waals surface area contributed by atoms with E-state index in [-0.39, 0.29) is 12.6 Å². The van der Waals surface area contributed by atoms with Gasteiger partial charge in [0.25, 0.3) is 0 Å². The van der Waals surface area contributed by atoms with E-state index >= 15 is 0 Å². The molecule has 0 amide bonds. The standard InChI is InChI=1S/C14H22N2O2/c1-15-13(11-17)10-12-2-4-14(5-3-12)16-6-8-18-9-7-16/h2-5,13,15,17H,6-11H2,1H3. The van der Waals surface area contributed by atoms with E-state index < -0.39 is 0 Å². The predicted molar refractivity (Wildman–Crippen MR) is 73.1 cm³/mol. The van der Waals surface area contributed by atoms with Crippen molar-refractivity contribution in [1.29, 1.82) is 0 Å². The van der Waals surface area contributed by atoms with Crippen molar-refractivity contribution in [2.45, 2.75) is 12.5 Å². The van der Waals surface area contributed by atoms with Crippen LogP contribution in [0.15, 0.2) is 24.3 Å². The number of nitrogens with zero attached hydrogens (tertiary/aromatic N) is 1. The number of morpholine rings is 1. The molecular weight excluding hydrogens is 228 g/mol. The summed E-state index contributed by atoms with van der Waals surface area (Å²) >= 11 is 0. The Kier molecular flexibility index (Phi) is 4.99. The Labute approximate surface area is 109 Å². The first-order valence-electron chi connectivity index (χ1n) is 6.53. The molecule has 4 nitrogen and oxygen atoms in total. The van der Waals surface area contributed by atoms with Crippen molar-refractivity contribution in [3.8, 4) is 0 Å². The van der Waals surface area contributed by atoms with Gasteiger partial charge in [-0.1, -0.05) is 12.1 Å². The molecule has 18 heavy (non-hydrogen) atoms. The van der Waals surface area contributed by atoms with Gasteiger partial charge < -0.3 is 20.1 Å². The maximum atomic E-state index is 9.16. The summed E-state index contributed by atoms with van der Waals surface area (Å²) < 4.78 is 5.35. The van der Waals surface area contributed by atoms with Crippen LogP contribution in [0.1, 0.15) is 5.56 Å². The van der Waals surface area contributed by atoms with Crippen molar-refractivity contribution in [3.63, 3.8) is 0 Å². The second-order valence-electron chi connectivity index (χ2n) is 4.64. The number of rotatable bonds is 5. The summed E-state index contributed by atoms with van der Waals surface area (Å²) in [5.74, 6) is 0. The van der Waals surface area contributed by atoms with Gasteiger partial charge in [-0.15, -0.1) is 0 Å². The Hall–Kier alpha value is -1.10. The molecule has 1 aromatic rings. The SMILES string of the molecule is CNC(CO)Cc1ccc(N2CCOCC2)cc1. The number of anilines is 1. The first-order chi connectivity index (χ1) is 8.83. The van der Waals surface area contributed by atoms with Crippen molar-refractivity contribution >= 4 is 5.69 Å². The van der Waals surface area contributed by atoms with E-state index in [1.165, 1.54) is 11.3 Å². The third-order valence-corrected chi connectivity index (χ3v) is 3.42. The molecule has 0 radical (unpaired) electrons. The molecule has 1 atom stereocenters. The minimum Gasteiger partial charge on any atom is -0.395 e. The van der Waals surface area contributed by atoms with Crippen LogP contribution >= 0.6 is 0 Å². The van der Waals surface area contributed by atoms with Gasteiger partial charge in [0.05, 0.1) is 19.8 Å². The number of nitrogens with one attached hydrogen (secondary N) is 1. The average Bonchev–Trinajstić information content (AvgIpc) is 2.46. The number of aliphatic hydroxyl groups is 1. The van der Waals surface area contributed by atoms with Gasteiger partial charge in [0.2, 0.25) is 0 Å². The molecule has 2 N–H and O–H groups in total. The third kappa shape index (κ3) is 3.45. The van der Waals surface area contributed by atoms with Gasteiger partial charge in [-0.3, -0.25) is 0 Å². The van der Waals surface area contributed by atoms with Gasteiger partial charge in [0, 0.05) is 24.8 Å². The lowest BCUT2D eigenvalue weighted by Crippen LogP contribution is -2.36. The first-order valence-corrected chi connectivity index (χ1v) is 6.53. The molecule has 1 aromatic carbocycles. The van der Waals surface area contributed by atoms with Crippen molar-refractivity contribution in [3.05, 3.63) is 29.8 Å². The fourth-order valence-corrected chi connectivity index (χ4v) is 2.21. The van der Waals surface area contributed by atoms with Crippen LogP contribution in [0.3, 0.4) is 0 Å². The lowest BCUT2D eigenvalue weighted by Gasteiger charge is -2.29. The zero-order chi connectivity index (χ0) is 12.8. The van der Waals surface area contributed by atoms with Crippen molar-refractivity contribution < 1.29 is 9.84 Å². The van der Waals surface area contributed by atoms with Crippen molar-refractivity contribution in [2.75, 3.05) is 44.9 Å². The van der Waals surface area contributed by atoms with Crippen LogP contribution in [0, 0.1) is 0 Å². The lowest BCUT2D eigenvalue weighted by atomic mass is 10.1. The zero-order valence-corrected chi connectivity index (χ0v) is 10.9. The number of benzene rings is 1. The third-order valence-electron chi connectivity index (χ3n) is 3.42. The summed E-state index contributed by atoms with van der Waals surface area (Å²) in [6.07, 6.45) is 0.858. The number of hydrogen-bond donors (Lipinski definition) is 2. The van der Waals surface area contributed by atoms with Crippen LogP contribution in [0.25, 0.3) is 0 Å². The fourth-order valence-electron chi connectivity index (χ4n) is 2.21. The van der Waals surface area contributed by atoms with Crippen LogP contribution in [0.2, 0.25) is 0 Å². The Morgan fingerprint density at radius 1 is 1.28 bits per heavy atom. The van der Waals surface area contributed by atoms with Gasteiger partial charge in [-0.2, -0.15) is 0 Å². The highest BCUT2D eigenvalue weighted by Gasteiger charge is 2.11. The summed E-state index contributed by atoms with van der Waals surface area (Å²) in [5.41, 5.74) is 2.51. The van der Waals surface area contributed by atoms with Gasteiger partial charge in [0.15, 0.2) is 0 Å². The van der Waals surface area contributed by atoms with E-state index in [9.17, 15) is 0 Å². The summed E-state index contributed by atoms with van der Waals surface area (Å²) in [5, 5.41) is 12.3. The highest BCUT2D eigenvalue weighted by molar-refractivity contribution is 5.48. The molecular formula is C14H22N2O2. The summed E-state index contributed by atoms with van der Waals surface area (Å²) in [7, 11) is 1.88. The topological polar surface area (TPSA) is 44.7 Å². The highest BCUT2D eigenvalue weighted by atomic mass is 16.5. The number of hydrogen-bond acceptors (Lipinski definition) is 4. The highest BCUT2D eigenvalue weighted by Crippen LogP contribution is 2.17. The van der Waals surface area contributed by atoms with E-state index in [2.05, 4.69) is 34.5 Å². The molecule has 0 saturated carbocycles. The molecule has 1 heterocycles. The average molecular weight is 250 g/mol. The summed E-state index contributed by atoms with van der Waals surface area (Å²) in [6.45, 7) is 3.73. The minimum absolute atomic E-state index is 0.138. The van der Waals surface area contributed by atoms with Gasteiger partial charge in [-0.05, 0) is 31.2 Å². The summed E-state index contributed by atoms with van der Waals surface area (Å²) in [6, 6.07) is 8.74. The number of aliphatic hydroxyl groups excluding tert-OH is 1. The van der Waals surface area contributed by atoms with E-state index in [1.807, 2.05) is 7.05 Å². The molecule has 0 aliphatic carbocycles. The van der Waals surface area contributed by atoms with E-state index in [1.54, 1.807) is 0 Å². The van der Waals surface area contributed by atoms with Gasteiger partial charge in [-0.25, -0.2) is 0 Å². The maximum absolute atomic E-state index is 9.16. The van der Waals surface area contributed by atoms with Crippen LogP contribution in [0.5, 0.6) is 0 Å². The molecule has 1 aliphatic rings. The second-order valence-corrected chi connectivity index (χ2v) is 4.64. The van der Waals surface area contributed by atoms with E-state index in [4.69, 9.17) is 9.84 Å². The van der Waals surface area contributed by atoms with E-state index in [0.29, 0.717) is 0 Å². The molecule has 100 valence electrons. The first kappa shape index (κ1) is 13.3. The molecule has 2 rings (SSSR count). The fraction of sp³-hybridized carbons (Fsp3) is 0.571. The molecule has 0 aromatic heterocycles. The van der Waals surface area contributed by atoms with Gasteiger partial charge in [0.1, 0.15) is 0 Å². The molecule has 1 saturated heterocycles. The van der Waals surface area contributed by atoms with Crippen molar-refractivity contribution in [1.82, 2.24) is 5.32 Å². The Bertz CT molecular complexity index is 343. The normalized spacial score (nSPS) is 17.8. The summed E-state index contributed by atoms with van der Waals surface area (Å²) in [4.78, 5) is 2.34. The second kappa shape index (κ2) is 6.73. The number of likely N-dealkylation sites (N-methyl/N-ethyl adjacent to an activating group) is 1. The smallest absolute Gasteiger partial charge is 0.0642 e. The van der Waals surface area contributed by atoms with Crippen LogP contribution in [0.4, 0.5) is 5.69 Å². The molecule has 4 heteroatoms. The van der Waals surface area contributed by atoms with Crippen molar-refractivity contribution in [2.24, 2.45) is 0 Å². The maximum Gasteiger partial charge on any atom is 0.0642 e. The Balaban J connectivity index is 1.96. The molecule has 1 unspecified atom stereocenters. The number of ether oxygens (including phenoxy) is 1. The zero-order valence-electron chi connectivity index (χ0n) is 10.9. The lowest BCUT2D eigenvalue weighted by molar-refractivity contribution is 0.122. The minimum atomic E-state index is 0.138. The quantitative estimate of drug-likeness (QED) is 0.805. The monoisotopic (exact) mass is 250 g/mol. The van der Waals surface area contributed by atoms with Crippen LogP contribution in [-0.2, 0) is 11.2 Å². The Morgan fingerprint density at radius 3 is 2.50 bits per heavy atom. The van der Waals surface area contributed by atoms with E-state index in [0.717, 1.165) is 32.7 Å². The largest absolute Gasteiger partial charge is 0.395 e. The Morgan fingerprint density at radius 2 is 1.94 bits per heavy atom. The molecule has 1 fully saturated rings. The van der Waals surface area contributed by atoms with Gasteiger partial charge >= 0.3 is 0 Å². The predicted octanol–water partition coefficient (Wildman–Crippen LogP) is 0.646. The molecule has 0 spiro atoms.